The molecule has 0 rings (SSSR count). The largest absolute Gasteiger partial charge is 0.392 e. The minimum absolute atomic E-state index is 0.0211. The third kappa shape index (κ3) is 42.7. The topological polar surface area (TPSA) is 112 Å². The van der Waals surface area contributed by atoms with Gasteiger partial charge in [-0.2, -0.15) is 5.26 Å². The maximum absolute atomic E-state index is 10.2. The average molecular weight is 335 g/mol. The van der Waals surface area contributed by atoms with Gasteiger partial charge in [0.2, 0.25) is 0 Å². The van der Waals surface area contributed by atoms with E-state index in [0.717, 1.165) is 0 Å². The van der Waals surface area contributed by atoms with E-state index >= 15 is 0 Å². The van der Waals surface area contributed by atoms with Crippen molar-refractivity contribution in [2.75, 3.05) is 6.61 Å². The summed E-state index contributed by atoms with van der Waals surface area (Å²) in [6.07, 6.45) is 10.7. The normalized spacial score (nSPS) is 9.62. The van der Waals surface area contributed by atoms with E-state index < -0.39 is 0 Å². The van der Waals surface area contributed by atoms with Crippen molar-refractivity contribution < 1.29 is 24.3 Å². The van der Waals surface area contributed by atoms with Crippen molar-refractivity contribution in [1.29, 1.82) is 5.26 Å². The summed E-state index contributed by atoms with van der Waals surface area (Å²) in [5, 5.41) is 16.1. The minimum atomic E-state index is 0.0211. The van der Waals surface area contributed by atoms with Crippen LogP contribution in [0, 0.1) is 11.3 Å². The van der Waals surface area contributed by atoms with Crippen LogP contribution < -0.4 is 0 Å². The molecule has 24 heavy (non-hydrogen) atoms. The molecular formula is C18H25NO5. The molecule has 0 radical (unpaired) electrons. The summed E-state index contributed by atoms with van der Waals surface area (Å²) in [6, 6.07) is 1.79. The van der Waals surface area contributed by atoms with E-state index in [4.69, 9.17) is 10.4 Å². The van der Waals surface area contributed by atoms with Gasteiger partial charge in [0, 0.05) is 25.3 Å². The second kappa shape index (κ2) is 22.6. The smallest absolute Gasteiger partial charge is 0.142 e. The molecule has 0 saturated heterocycles. The third-order valence-corrected chi connectivity index (χ3v) is 1.90. The maximum Gasteiger partial charge on any atom is 0.142 e. The van der Waals surface area contributed by atoms with E-state index in [0.29, 0.717) is 25.5 Å². The van der Waals surface area contributed by atoms with Crippen LogP contribution in [0.15, 0.2) is 36.5 Å². The standard InChI is InChI=1S/C6H7NO.C6H10O2.C6H8O2/c3*1-6(8)4-2-3-5-7/h2-3H,4H2,1H3;2-3,7H,4-5H2,1H3;2-3,5H,4H2,1H3. The van der Waals surface area contributed by atoms with Crippen LogP contribution in [-0.4, -0.2) is 35.3 Å². The number of hydrogen-bond acceptors (Lipinski definition) is 6. The average Bonchev–Trinajstić information content (AvgIpc) is 2.48. The monoisotopic (exact) mass is 335 g/mol. The highest BCUT2D eigenvalue weighted by atomic mass is 16.2. The maximum atomic E-state index is 10.2. The zero-order valence-corrected chi connectivity index (χ0v) is 14.4. The summed E-state index contributed by atoms with van der Waals surface area (Å²) in [5.41, 5.74) is 0. The third-order valence-electron chi connectivity index (χ3n) is 1.90. The fourth-order valence-corrected chi connectivity index (χ4v) is 0.891. The van der Waals surface area contributed by atoms with Crippen molar-refractivity contribution in [3.63, 3.8) is 0 Å². The van der Waals surface area contributed by atoms with E-state index in [9.17, 15) is 19.2 Å². The highest BCUT2D eigenvalue weighted by molar-refractivity contribution is 5.78. The Bertz CT molecular complexity index is 496. The molecule has 0 saturated carbocycles. The Morgan fingerprint density at radius 2 is 1.33 bits per heavy atom. The summed E-state index contributed by atoms with van der Waals surface area (Å²) >= 11 is 0. The first-order valence-electron chi connectivity index (χ1n) is 7.20. The fraction of sp³-hybridized carbons (Fsp3) is 0.389. The van der Waals surface area contributed by atoms with E-state index in [1.54, 1.807) is 24.3 Å². The van der Waals surface area contributed by atoms with Crippen molar-refractivity contribution in [2.24, 2.45) is 0 Å². The summed E-state index contributed by atoms with van der Waals surface area (Å²) in [4.78, 5) is 40.1. The summed E-state index contributed by atoms with van der Waals surface area (Å²) < 4.78 is 0. The molecule has 0 aliphatic rings. The fourth-order valence-electron chi connectivity index (χ4n) is 0.891. The SMILES string of the molecule is CC(=O)CC=CC#N.CC(=O)CC=CC=O.CC(=O)CC=CCO. The van der Waals surface area contributed by atoms with E-state index in [-0.39, 0.29) is 24.0 Å². The van der Waals surface area contributed by atoms with Gasteiger partial charge < -0.3 is 5.11 Å². The molecule has 0 aliphatic carbocycles. The van der Waals surface area contributed by atoms with Crippen LogP contribution in [-0.2, 0) is 19.2 Å². The van der Waals surface area contributed by atoms with Crippen molar-refractivity contribution in [3.8, 4) is 6.07 Å². The lowest BCUT2D eigenvalue weighted by atomic mass is 10.3. The van der Waals surface area contributed by atoms with Gasteiger partial charge in [-0.05, 0) is 26.8 Å². The summed E-state index contributed by atoms with van der Waals surface area (Å²) in [6.45, 7) is 4.51. The minimum Gasteiger partial charge on any atom is -0.392 e. The molecule has 0 fully saturated rings. The predicted octanol–water partition coefficient (Wildman–Crippen LogP) is 2.28. The van der Waals surface area contributed by atoms with Gasteiger partial charge in [-0.3, -0.25) is 19.2 Å². The molecule has 0 heterocycles. The first-order valence-corrected chi connectivity index (χ1v) is 7.20. The summed E-state index contributed by atoms with van der Waals surface area (Å²) in [5.74, 6) is 0.273. The van der Waals surface area contributed by atoms with Crippen LogP contribution in [0.3, 0.4) is 0 Å². The lowest BCUT2D eigenvalue weighted by Crippen LogP contribution is -1.84. The highest BCUT2D eigenvalue weighted by Gasteiger charge is 1.83. The van der Waals surface area contributed by atoms with E-state index in [1.807, 2.05) is 0 Å². The number of nitriles is 1. The van der Waals surface area contributed by atoms with Gasteiger partial charge in [-0.25, -0.2) is 0 Å². The lowest BCUT2D eigenvalue weighted by Gasteiger charge is -1.80. The number of Topliss-reactive ketones (excluding diaryl/α,β-unsaturated/α-hetero) is 3. The molecule has 0 aromatic rings. The number of ketones is 3. The van der Waals surface area contributed by atoms with Gasteiger partial charge in [0.15, 0.2) is 0 Å². The van der Waals surface area contributed by atoms with Gasteiger partial charge in [-0.15, -0.1) is 0 Å². The van der Waals surface area contributed by atoms with Crippen LogP contribution in [0.2, 0.25) is 0 Å². The number of carbonyl (C=O) groups is 4. The molecule has 0 aromatic carbocycles. The Morgan fingerprint density at radius 1 is 0.875 bits per heavy atom. The van der Waals surface area contributed by atoms with Crippen LogP contribution in [0.5, 0.6) is 0 Å². The van der Waals surface area contributed by atoms with Crippen molar-refractivity contribution >= 4 is 23.6 Å². The Labute approximate surface area is 143 Å². The quantitative estimate of drug-likeness (QED) is 0.315. The molecule has 132 valence electrons. The first kappa shape index (κ1) is 26.3. The van der Waals surface area contributed by atoms with Crippen molar-refractivity contribution in [2.45, 2.75) is 40.0 Å². The van der Waals surface area contributed by atoms with Crippen LogP contribution >= 0.6 is 0 Å². The van der Waals surface area contributed by atoms with Gasteiger partial charge in [0.1, 0.15) is 23.6 Å². The van der Waals surface area contributed by atoms with Gasteiger partial charge in [0.05, 0.1) is 12.7 Å². The number of aliphatic hydroxyl groups is 1. The van der Waals surface area contributed by atoms with Crippen LogP contribution in [0.25, 0.3) is 0 Å². The Balaban J connectivity index is -0.000000276. The Morgan fingerprint density at radius 3 is 1.71 bits per heavy atom. The lowest BCUT2D eigenvalue weighted by molar-refractivity contribution is -0.117. The summed E-state index contributed by atoms with van der Waals surface area (Å²) in [7, 11) is 0. The van der Waals surface area contributed by atoms with E-state index in [2.05, 4.69) is 0 Å². The molecular weight excluding hydrogens is 310 g/mol. The number of carbonyl (C=O) groups excluding carboxylic acids is 4. The molecule has 0 aromatic heterocycles. The van der Waals surface area contributed by atoms with Crippen molar-refractivity contribution in [1.82, 2.24) is 0 Å². The second-order valence-electron chi connectivity index (χ2n) is 4.47. The Hall–Kier alpha value is -2.65. The zero-order valence-electron chi connectivity index (χ0n) is 14.4. The molecule has 6 nitrogen and oxygen atoms in total. The number of nitrogens with zero attached hydrogens (tertiary/aromatic N) is 1. The van der Waals surface area contributed by atoms with Gasteiger partial charge in [0.25, 0.3) is 0 Å². The molecule has 1 N–H and O–H groups in total. The zero-order chi connectivity index (χ0) is 19.2. The molecule has 0 aliphatic heterocycles. The molecule has 0 atom stereocenters. The van der Waals surface area contributed by atoms with Gasteiger partial charge in [-0.1, -0.05) is 24.3 Å². The van der Waals surface area contributed by atoms with Crippen molar-refractivity contribution in [3.05, 3.63) is 36.5 Å². The second-order valence-corrected chi connectivity index (χ2v) is 4.47. The first-order chi connectivity index (χ1) is 11.3. The predicted molar refractivity (Wildman–Crippen MR) is 92.1 cm³/mol. The number of rotatable bonds is 8. The molecule has 6 heteroatoms. The molecule has 0 unspecified atom stereocenters. The van der Waals surface area contributed by atoms with E-state index in [1.165, 1.54) is 39.0 Å². The number of aliphatic hydroxyl groups excluding tert-OH is 1. The number of allylic oxidation sites excluding steroid dienone is 5. The van der Waals surface area contributed by atoms with Gasteiger partial charge >= 0.3 is 0 Å². The highest BCUT2D eigenvalue weighted by Crippen LogP contribution is 1.83. The van der Waals surface area contributed by atoms with Crippen LogP contribution in [0.1, 0.15) is 40.0 Å². The molecule has 0 bridgehead atoms. The number of hydrogen-bond donors (Lipinski definition) is 1. The molecule has 0 spiro atoms. The van der Waals surface area contributed by atoms with Crippen LogP contribution in [0.4, 0.5) is 0 Å². The molecule has 0 amide bonds. The number of aldehydes is 1. The Kier molecular flexibility index (Phi) is 24.8.